The molecule has 0 aromatic rings. The first-order valence-electron chi connectivity index (χ1n) is 3.31. The first kappa shape index (κ1) is 8.33. The number of hydrogen-bond acceptors (Lipinski definition) is 2. The monoisotopic (exact) mass is 176 g/mol. The molecule has 1 fully saturated rings. The Bertz CT molecular complexity index is 195. The van der Waals surface area contributed by atoms with E-state index in [4.69, 9.17) is 17.3 Å². The van der Waals surface area contributed by atoms with Crippen LogP contribution in [0, 0.1) is 0 Å². The van der Waals surface area contributed by atoms with Gasteiger partial charge in [-0.3, -0.25) is 9.59 Å². The number of hydrogen-bond donors (Lipinski definition) is 1. The molecule has 0 aromatic heterocycles. The van der Waals surface area contributed by atoms with Crippen molar-refractivity contribution in [2.45, 2.75) is 12.5 Å². The lowest BCUT2D eigenvalue weighted by Gasteiger charge is -2.38. The predicted molar refractivity (Wildman–Crippen MR) is 40.0 cm³/mol. The number of nitrogens with two attached hydrogens (primary N) is 1. The number of carbonyl (C=O) groups excluding carboxylic acids is 2. The van der Waals surface area contributed by atoms with Crippen LogP contribution in [0.15, 0.2) is 0 Å². The Morgan fingerprint density at radius 2 is 2.27 bits per heavy atom. The molecular weight excluding hydrogens is 168 g/mol. The van der Waals surface area contributed by atoms with Gasteiger partial charge in [0, 0.05) is 6.54 Å². The molecule has 0 unspecified atom stereocenters. The van der Waals surface area contributed by atoms with E-state index >= 15 is 0 Å². The van der Waals surface area contributed by atoms with Gasteiger partial charge in [0.15, 0.2) is 0 Å². The van der Waals surface area contributed by atoms with E-state index in [-0.39, 0.29) is 11.8 Å². The fourth-order valence-corrected chi connectivity index (χ4v) is 1.21. The molecule has 2 N–H and O–H groups in total. The van der Waals surface area contributed by atoms with Crippen LogP contribution in [0.3, 0.4) is 0 Å². The van der Waals surface area contributed by atoms with E-state index in [1.807, 2.05) is 0 Å². The number of rotatable bonds is 2. The summed E-state index contributed by atoms with van der Waals surface area (Å²) in [6.45, 7) is 0.596. The average molecular weight is 177 g/mol. The van der Waals surface area contributed by atoms with Crippen molar-refractivity contribution in [1.82, 2.24) is 4.90 Å². The third kappa shape index (κ3) is 1.45. The molecule has 1 aliphatic heterocycles. The number of carbonyl (C=O) groups is 2. The molecule has 1 heterocycles. The molecule has 62 valence electrons. The third-order valence-electron chi connectivity index (χ3n) is 1.78. The van der Waals surface area contributed by atoms with E-state index in [0.717, 1.165) is 0 Å². The van der Waals surface area contributed by atoms with Gasteiger partial charge in [0.2, 0.25) is 11.8 Å². The van der Waals surface area contributed by atoms with Gasteiger partial charge in [-0.1, -0.05) is 0 Å². The van der Waals surface area contributed by atoms with Gasteiger partial charge in [-0.25, -0.2) is 0 Å². The first-order valence-corrected chi connectivity index (χ1v) is 3.85. The molecule has 1 rings (SSSR count). The fourth-order valence-electron chi connectivity index (χ4n) is 1.06. The van der Waals surface area contributed by atoms with E-state index in [1.165, 1.54) is 4.90 Å². The zero-order valence-electron chi connectivity index (χ0n) is 5.92. The summed E-state index contributed by atoms with van der Waals surface area (Å²) in [6.07, 6.45) is 0.665. The Kier molecular flexibility index (Phi) is 2.34. The van der Waals surface area contributed by atoms with Gasteiger partial charge >= 0.3 is 0 Å². The van der Waals surface area contributed by atoms with Crippen molar-refractivity contribution >= 4 is 23.4 Å². The highest BCUT2D eigenvalue weighted by Crippen LogP contribution is 2.16. The van der Waals surface area contributed by atoms with Crippen LogP contribution in [-0.4, -0.2) is 35.2 Å². The van der Waals surface area contributed by atoms with Gasteiger partial charge in [-0.05, 0) is 6.42 Å². The Morgan fingerprint density at radius 3 is 2.55 bits per heavy atom. The van der Waals surface area contributed by atoms with Crippen LogP contribution in [0.2, 0.25) is 0 Å². The molecule has 5 heteroatoms. The average Bonchev–Trinajstić information content (AvgIpc) is 1.83. The second-order valence-electron chi connectivity index (χ2n) is 2.43. The van der Waals surface area contributed by atoms with Gasteiger partial charge in [-0.2, -0.15) is 0 Å². The van der Waals surface area contributed by atoms with E-state index < -0.39 is 11.9 Å². The molecule has 1 saturated heterocycles. The summed E-state index contributed by atoms with van der Waals surface area (Å²) < 4.78 is 0. The number of nitrogens with zero attached hydrogens (tertiary/aromatic N) is 1. The van der Waals surface area contributed by atoms with Crippen LogP contribution in [-0.2, 0) is 9.59 Å². The van der Waals surface area contributed by atoms with Gasteiger partial charge in [0.05, 0.1) is 0 Å². The lowest BCUT2D eigenvalue weighted by molar-refractivity contribution is -0.143. The Labute approximate surface area is 69.3 Å². The van der Waals surface area contributed by atoms with Crippen LogP contribution >= 0.6 is 11.6 Å². The lowest BCUT2D eigenvalue weighted by Crippen LogP contribution is -2.57. The molecule has 0 aromatic carbocycles. The second-order valence-corrected chi connectivity index (χ2v) is 2.69. The van der Waals surface area contributed by atoms with Crippen molar-refractivity contribution in [1.29, 1.82) is 0 Å². The maximum Gasteiger partial charge on any atom is 0.240 e. The van der Waals surface area contributed by atoms with Crippen LogP contribution in [0.5, 0.6) is 0 Å². The number of likely N-dealkylation sites (tertiary alicyclic amines) is 1. The Morgan fingerprint density at radius 1 is 1.64 bits per heavy atom. The molecule has 1 atom stereocenters. The number of halogens is 1. The Balaban J connectivity index is 2.49. The van der Waals surface area contributed by atoms with Crippen molar-refractivity contribution in [2.75, 3.05) is 12.4 Å². The largest absolute Gasteiger partial charge is 0.368 e. The van der Waals surface area contributed by atoms with E-state index in [1.54, 1.807) is 0 Å². The Hall–Kier alpha value is -0.770. The molecule has 0 radical (unpaired) electrons. The minimum Gasteiger partial charge on any atom is -0.368 e. The molecule has 4 nitrogen and oxygen atoms in total. The summed E-state index contributed by atoms with van der Waals surface area (Å²) >= 11 is 5.29. The van der Waals surface area contributed by atoms with Crippen LogP contribution in [0.4, 0.5) is 0 Å². The number of amides is 2. The van der Waals surface area contributed by atoms with Crippen molar-refractivity contribution in [3.8, 4) is 0 Å². The van der Waals surface area contributed by atoms with Crippen molar-refractivity contribution in [2.24, 2.45) is 5.73 Å². The highest BCUT2D eigenvalue weighted by atomic mass is 35.5. The number of primary amides is 1. The van der Waals surface area contributed by atoms with E-state index in [2.05, 4.69) is 0 Å². The first-order chi connectivity index (χ1) is 5.16. The van der Waals surface area contributed by atoms with Gasteiger partial charge in [-0.15, -0.1) is 11.6 Å². The summed E-state index contributed by atoms with van der Waals surface area (Å²) in [5, 5.41) is 0. The minimum absolute atomic E-state index is 0.0796. The van der Waals surface area contributed by atoms with Crippen LogP contribution in [0.25, 0.3) is 0 Å². The summed E-state index contributed by atoms with van der Waals surface area (Å²) in [5.41, 5.74) is 5.00. The molecule has 0 bridgehead atoms. The molecule has 0 saturated carbocycles. The predicted octanol–water partition coefficient (Wildman–Crippen LogP) is -0.689. The van der Waals surface area contributed by atoms with E-state index in [0.29, 0.717) is 13.0 Å². The van der Waals surface area contributed by atoms with Gasteiger partial charge in [0.1, 0.15) is 11.9 Å². The normalized spacial score (nSPS) is 22.6. The smallest absolute Gasteiger partial charge is 0.240 e. The second kappa shape index (κ2) is 3.09. The minimum atomic E-state index is -0.449. The molecular formula is C6H9ClN2O2. The molecule has 2 amide bonds. The standard InChI is InChI=1S/C6H9ClN2O2/c7-3-5(10)9-2-1-4(9)6(8)11/h4H,1-3H2,(H2,8,11)/t4-/m0/s1. The zero-order chi connectivity index (χ0) is 8.43. The fraction of sp³-hybridized carbons (Fsp3) is 0.667. The third-order valence-corrected chi connectivity index (χ3v) is 2.01. The van der Waals surface area contributed by atoms with Crippen LogP contribution in [0.1, 0.15) is 6.42 Å². The molecule has 11 heavy (non-hydrogen) atoms. The van der Waals surface area contributed by atoms with Gasteiger partial charge in [0.25, 0.3) is 0 Å². The maximum atomic E-state index is 10.9. The SMILES string of the molecule is NC(=O)[C@@H]1CCN1C(=O)CCl. The lowest BCUT2D eigenvalue weighted by atomic mass is 10.0. The van der Waals surface area contributed by atoms with E-state index in [9.17, 15) is 9.59 Å². The maximum absolute atomic E-state index is 10.9. The number of alkyl halides is 1. The summed E-state index contributed by atoms with van der Waals surface area (Å²) in [7, 11) is 0. The van der Waals surface area contributed by atoms with Crippen LogP contribution < -0.4 is 5.73 Å². The van der Waals surface area contributed by atoms with Gasteiger partial charge < -0.3 is 10.6 Å². The van der Waals surface area contributed by atoms with Crippen molar-refractivity contribution in [3.63, 3.8) is 0 Å². The van der Waals surface area contributed by atoms with Crippen molar-refractivity contribution in [3.05, 3.63) is 0 Å². The summed E-state index contributed by atoms with van der Waals surface area (Å²) in [5.74, 6) is -0.750. The molecule has 1 aliphatic rings. The quantitative estimate of drug-likeness (QED) is 0.567. The molecule has 0 spiro atoms. The topological polar surface area (TPSA) is 63.4 Å². The summed E-state index contributed by atoms with van der Waals surface area (Å²) in [6, 6.07) is -0.416. The summed E-state index contributed by atoms with van der Waals surface area (Å²) in [4.78, 5) is 22.9. The van der Waals surface area contributed by atoms with Crippen molar-refractivity contribution < 1.29 is 9.59 Å². The molecule has 0 aliphatic carbocycles. The highest BCUT2D eigenvalue weighted by Gasteiger charge is 2.35. The zero-order valence-corrected chi connectivity index (χ0v) is 6.67. The highest BCUT2D eigenvalue weighted by molar-refractivity contribution is 6.27.